The van der Waals surface area contributed by atoms with Crippen LogP contribution in [0, 0.1) is 0 Å². The first-order valence-corrected chi connectivity index (χ1v) is 12.6. The van der Waals surface area contributed by atoms with E-state index in [1.54, 1.807) is 17.4 Å². The summed E-state index contributed by atoms with van der Waals surface area (Å²) in [7, 11) is 0.0734. The molecule has 180 valence electrons. The lowest BCUT2D eigenvalue weighted by Crippen LogP contribution is -2.43. The molecule has 0 aliphatic carbocycles. The molecule has 11 heteroatoms. The molecule has 0 saturated carbocycles. The van der Waals surface area contributed by atoms with Crippen molar-refractivity contribution in [1.82, 2.24) is 9.62 Å². The van der Waals surface area contributed by atoms with Gasteiger partial charge in [0.1, 0.15) is 4.90 Å². The van der Waals surface area contributed by atoms with E-state index in [1.165, 1.54) is 39.5 Å². The highest BCUT2D eigenvalue weighted by molar-refractivity contribution is 7.89. The normalized spacial score (nSPS) is 16.0. The fourth-order valence-corrected chi connectivity index (χ4v) is 5.64. The standard InChI is InChI=1S/C22H28N2O7S2/c1-28-18-13-16(6-7-21(25)29-2)14-20(22(18)30-3)33(26,27)23-15-17(19-5-4-12-32-19)24-8-10-31-11-9-24/h4-7,12-14,17,23H,8-11,15H2,1-3H3/b7-6+. The zero-order valence-electron chi connectivity index (χ0n) is 18.8. The van der Waals surface area contributed by atoms with Gasteiger partial charge in [-0.15, -0.1) is 11.3 Å². The van der Waals surface area contributed by atoms with Gasteiger partial charge in [-0.05, 0) is 35.2 Å². The van der Waals surface area contributed by atoms with Gasteiger partial charge >= 0.3 is 5.97 Å². The Hall–Kier alpha value is -2.44. The topological polar surface area (TPSA) is 103 Å². The number of esters is 1. The number of nitrogens with zero attached hydrogens (tertiary/aromatic N) is 1. The number of hydrogen-bond donors (Lipinski definition) is 1. The van der Waals surface area contributed by atoms with Gasteiger partial charge in [0.2, 0.25) is 10.0 Å². The monoisotopic (exact) mass is 496 g/mol. The number of carbonyl (C=O) groups is 1. The third-order valence-corrected chi connectivity index (χ3v) is 7.60. The van der Waals surface area contributed by atoms with Crippen molar-refractivity contribution in [1.29, 1.82) is 0 Å². The number of morpholine rings is 1. The molecule has 3 rings (SSSR count). The lowest BCUT2D eigenvalue weighted by atomic mass is 10.2. The lowest BCUT2D eigenvalue weighted by molar-refractivity contribution is -0.134. The third kappa shape index (κ3) is 6.33. The molecule has 1 aromatic heterocycles. The van der Waals surface area contributed by atoms with Crippen molar-refractivity contribution >= 4 is 33.4 Å². The van der Waals surface area contributed by atoms with Crippen LogP contribution in [0.15, 0.2) is 40.6 Å². The van der Waals surface area contributed by atoms with Crippen LogP contribution < -0.4 is 14.2 Å². The number of thiophene rings is 1. The molecule has 0 bridgehead atoms. The Morgan fingerprint density at radius 1 is 1.24 bits per heavy atom. The van der Waals surface area contributed by atoms with Crippen molar-refractivity contribution in [2.75, 3.05) is 54.2 Å². The van der Waals surface area contributed by atoms with E-state index in [0.717, 1.165) is 18.0 Å². The van der Waals surface area contributed by atoms with E-state index in [9.17, 15) is 13.2 Å². The van der Waals surface area contributed by atoms with Crippen LogP contribution in [0.25, 0.3) is 6.08 Å². The van der Waals surface area contributed by atoms with Crippen molar-refractivity contribution in [2.24, 2.45) is 0 Å². The number of hydrogen-bond acceptors (Lipinski definition) is 9. The Morgan fingerprint density at radius 3 is 2.61 bits per heavy atom. The zero-order valence-corrected chi connectivity index (χ0v) is 20.4. The van der Waals surface area contributed by atoms with Crippen LogP contribution in [0.1, 0.15) is 16.5 Å². The van der Waals surface area contributed by atoms with E-state index in [1.807, 2.05) is 17.5 Å². The molecule has 1 N–H and O–H groups in total. The van der Waals surface area contributed by atoms with Crippen LogP contribution in [0.4, 0.5) is 0 Å². The van der Waals surface area contributed by atoms with Crippen LogP contribution in [0.3, 0.4) is 0 Å². The second kappa shape index (κ2) is 11.6. The molecule has 33 heavy (non-hydrogen) atoms. The molecule has 9 nitrogen and oxygen atoms in total. The smallest absolute Gasteiger partial charge is 0.330 e. The Morgan fingerprint density at radius 2 is 2.00 bits per heavy atom. The summed E-state index contributed by atoms with van der Waals surface area (Å²) in [6.07, 6.45) is 2.66. The number of ether oxygens (including phenoxy) is 4. The molecule has 0 spiro atoms. The number of nitrogens with one attached hydrogen (secondary N) is 1. The predicted molar refractivity (Wildman–Crippen MR) is 125 cm³/mol. The first-order chi connectivity index (χ1) is 15.9. The van der Waals surface area contributed by atoms with Gasteiger partial charge in [0.05, 0.1) is 40.6 Å². The van der Waals surface area contributed by atoms with Gasteiger partial charge in [0.15, 0.2) is 11.5 Å². The highest BCUT2D eigenvalue weighted by Gasteiger charge is 2.28. The molecule has 1 fully saturated rings. The minimum atomic E-state index is -3.99. The molecular weight excluding hydrogens is 468 g/mol. The quantitative estimate of drug-likeness (QED) is 0.395. The summed E-state index contributed by atoms with van der Waals surface area (Å²) >= 11 is 1.58. The lowest BCUT2D eigenvalue weighted by Gasteiger charge is -2.34. The van der Waals surface area contributed by atoms with E-state index in [4.69, 9.17) is 14.2 Å². The maximum Gasteiger partial charge on any atom is 0.330 e. The average molecular weight is 497 g/mol. The predicted octanol–water partition coefficient (Wildman–Crippen LogP) is 2.30. The van der Waals surface area contributed by atoms with Gasteiger partial charge in [0.25, 0.3) is 0 Å². The molecule has 1 atom stereocenters. The van der Waals surface area contributed by atoms with Gasteiger partial charge in [-0.3, -0.25) is 4.90 Å². The molecule has 2 aromatic rings. The molecule has 0 amide bonds. The molecule has 1 unspecified atom stereocenters. The Balaban J connectivity index is 1.91. The minimum Gasteiger partial charge on any atom is -0.493 e. The van der Waals surface area contributed by atoms with Crippen molar-refractivity contribution < 1.29 is 32.2 Å². The molecule has 1 aromatic carbocycles. The molecule has 1 aliphatic heterocycles. The highest BCUT2D eigenvalue weighted by atomic mass is 32.2. The first-order valence-electron chi connectivity index (χ1n) is 10.3. The van der Waals surface area contributed by atoms with Crippen LogP contribution in [0.5, 0.6) is 11.5 Å². The SMILES string of the molecule is COC(=O)/C=C/c1cc(OC)c(OC)c(S(=O)(=O)NCC(c2cccs2)N2CCOCC2)c1. The van der Waals surface area contributed by atoms with Gasteiger partial charge in [-0.1, -0.05) is 6.07 Å². The number of methoxy groups -OCH3 is 3. The van der Waals surface area contributed by atoms with Crippen molar-refractivity contribution in [3.05, 3.63) is 46.2 Å². The summed E-state index contributed by atoms with van der Waals surface area (Å²) in [5.41, 5.74) is 0.446. The molecule has 2 heterocycles. The fourth-order valence-electron chi connectivity index (χ4n) is 3.52. The van der Waals surface area contributed by atoms with Gasteiger partial charge in [-0.2, -0.15) is 0 Å². The summed E-state index contributed by atoms with van der Waals surface area (Å²) in [6, 6.07) is 6.84. The molecule has 0 radical (unpaired) electrons. The number of rotatable bonds is 10. The van der Waals surface area contributed by atoms with Gasteiger partial charge in [-0.25, -0.2) is 17.9 Å². The van der Waals surface area contributed by atoms with E-state index in [-0.39, 0.29) is 29.0 Å². The fraction of sp³-hybridized carbons (Fsp3) is 0.409. The van der Waals surface area contributed by atoms with Gasteiger partial charge in [0, 0.05) is 30.6 Å². The Kier molecular flexibility index (Phi) is 8.87. The second-order valence-corrected chi connectivity index (χ2v) is 9.86. The summed E-state index contributed by atoms with van der Waals surface area (Å²) in [5, 5.41) is 1.97. The van der Waals surface area contributed by atoms with E-state index >= 15 is 0 Å². The number of benzene rings is 1. The first kappa shape index (κ1) is 25.2. The van der Waals surface area contributed by atoms with E-state index in [2.05, 4.69) is 14.4 Å². The molecular formula is C22H28N2O7S2. The summed E-state index contributed by atoms with van der Waals surface area (Å²) < 4.78 is 50.3. The van der Waals surface area contributed by atoms with Gasteiger partial charge < -0.3 is 18.9 Å². The average Bonchev–Trinajstić information content (AvgIpc) is 3.37. The van der Waals surface area contributed by atoms with E-state index in [0.29, 0.717) is 18.8 Å². The Labute approximate surface area is 197 Å². The number of sulfonamides is 1. The van der Waals surface area contributed by atoms with Crippen LogP contribution in [-0.2, 0) is 24.3 Å². The van der Waals surface area contributed by atoms with Crippen LogP contribution in [-0.4, -0.2) is 73.5 Å². The van der Waals surface area contributed by atoms with Crippen LogP contribution >= 0.6 is 11.3 Å². The zero-order chi connectivity index (χ0) is 23.8. The minimum absolute atomic E-state index is 0.0826. The number of carbonyl (C=O) groups excluding carboxylic acids is 1. The van der Waals surface area contributed by atoms with Crippen molar-refractivity contribution in [3.63, 3.8) is 0 Å². The van der Waals surface area contributed by atoms with Crippen LogP contribution in [0.2, 0.25) is 0 Å². The largest absolute Gasteiger partial charge is 0.493 e. The molecule has 1 saturated heterocycles. The summed E-state index contributed by atoms with van der Waals surface area (Å²) in [5.74, 6) is -0.247. The maximum atomic E-state index is 13.4. The second-order valence-electron chi connectivity index (χ2n) is 7.14. The Bertz CT molecular complexity index is 1060. The van der Waals surface area contributed by atoms with E-state index < -0.39 is 16.0 Å². The van der Waals surface area contributed by atoms with Crippen molar-refractivity contribution in [3.8, 4) is 11.5 Å². The third-order valence-electron chi connectivity index (χ3n) is 5.19. The maximum absolute atomic E-state index is 13.4. The van der Waals surface area contributed by atoms with Crippen molar-refractivity contribution in [2.45, 2.75) is 10.9 Å². The molecule has 1 aliphatic rings. The summed E-state index contributed by atoms with van der Waals surface area (Å²) in [6.45, 7) is 2.82. The summed E-state index contributed by atoms with van der Waals surface area (Å²) in [4.78, 5) is 14.7. The highest BCUT2D eigenvalue weighted by Crippen LogP contribution is 2.36.